The molecule has 0 spiro atoms. The minimum absolute atomic E-state index is 0.109. The average Bonchev–Trinajstić information content (AvgIpc) is 2.44. The Bertz CT molecular complexity index is 430. The lowest BCUT2D eigenvalue weighted by Gasteiger charge is -2.40. The lowest BCUT2D eigenvalue weighted by atomic mass is 9.87. The highest BCUT2D eigenvalue weighted by Crippen LogP contribution is 2.59. The monoisotopic (exact) mass is 508 g/mol. The largest absolute Gasteiger partial charge is 0.460 e. The molecular weight excluding hydrogens is 492 g/mol. The first kappa shape index (κ1) is 25.0. The van der Waals surface area contributed by atoms with Gasteiger partial charge < -0.3 is 0 Å². The van der Waals surface area contributed by atoms with Crippen LogP contribution in [0.25, 0.3) is 0 Å². The molecule has 152 valence electrons. The Labute approximate surface area is 150 Å². The smallest absolute Gasteiger partial charge is 0.199 e. The maximum absolute atomic E-state index is 13.8. The van der Waals surface area contributed by atoms with Gasteiger partial charge in [-0.1, -0.05) is 55.7 Å². The van der Waals surface area contributed by atoms with Gasteiger partial charge in [-0.05, 0) is 6.42 Å². The maximum atomic E-state index is 13.8. The van der Waals surface area contributed by atoms with Crippen molar-refractivity contribution >= 4 is 22.6 Å². The molecule has 0 amide bonds. The number of hydrogen-bond acceptors (Lipinski definition) is 0. The van der Waals surface area contributed by atoms with Crippen LogP contribution < -0.4 is 0 Å². The highest BCUT2D eigenvalue weighted by Gasteiger charge is 2.87. The molecule has 0 aliphatic rings. The lowest BCUT2D eigenvalue weighted by molar-refractivity contribution is -0.426. The van der Waals surface area contributed by atoms with Crippen molar-refractivity contribution < 1.29 is 48.3 Å². The molecule has 0 aromatic carbocycles. The van der Waals surface area contributed by atoms with E-state index in [1.165, 1.54) is 22.6 Å². The summed E-state index contributed by atoms with van der Waals surface area (Å²) in [6.45, 7) is 2.16. The fraction of sp³-hybridized carbons (Fsp3) is 1.00. The molecule has 0 fully saturated rings. The van der Waals surface area contributed by atoms with Crippen LogP contribution >= 0.6 is 22.6 Å². The number of unbranched alkanes of at least 4 members (excludes halogenated alkanes) is 2. The Morgan fingerprint density at radius 2 is 1.16 bits per heavy atom. The lowest BCUT2D eigenvalue weighted by Crippen LogP contribution is -2.68. The second-order valence-corrected chi connectivity index (χ2v) is 7.24. The molecule has 0 rings (SSSR count). The van der Waals surface area contributed by atoms with E-state index in [0.29, 0.717) is 19.8 Å². The predicted octanol–water partition coefficient (Wildman–Crippen LogP) is 7.11. The summed E-state index contributed by atoms with van der Waals surface area (Å²) in [5.41, 5.74) is 0. The molecule has 0 aromatic rings. The number of alkyl halides is 12. The molecule has 0 aromatic heterocycles. The van der Waals surface area contributed by atoms with Gasteiger partial charge in [0.2, 0.25) is 0 Å². The molecule has 0 heterocycles. The van der Waals surface area contributed by atoms with Gasteiger partial charge in [-0.15, -0.1) is 0 Å². The third-order valence-corrected chi connectivity index (χ3v) is 5.46. The van der Waals surface area contributed by atoms with Crippen LogP contribution in [0.2, 0.25) is 0 Å². The van der Waals surface area contributed by atoms with Gasteiger partial charge in [0.05, 0.1) is 0 Å². The highest BCUT2D eigenvalue weighted by molar-refractivity contribution is 14.1. The van der Waals surface area contributed by atoms with Crippen LogP contribution in [-0.2, 0) is 0 Å². The van der Waals surface area contributed by atoms with Crippen molar-refractivity contribution in [3.05, 3.63) is 0 Å². The molecule has 0 radical (unpaired) electrons. The van der Waals surface area contributed by atoms with Crippen molar-refractivity contribution in [2.24, 2.45) is 5.92 Å². The fourth-order valence-corrected chi connectivity index (χ4v) is 2.83. The van der Waals surface area contributed by atoms with Crippen LogP contribution in [0.15, 0.2) is 0 Å². The number of hydrogen-bond donors (Lipinski definition) is 0. The molecule has 0 saturated carbocycles. The summed E-state index contributed by atoms with van der Waals surface area (Å²) in [5, 5.41) is 0. The summed E-state index contributed by atoms with van der Waals surface area (Å²) in [4.78, 5) is 0. The molecule has 0 saturated heterocycles. The molecule has 25 heavy (non-hydrogen) atoms. The summed E-state index contributed by atoms with van der Waals surface area (Å²) in [7, 11) is 0. The van der Waals surface area contributed by atoms with Crippen LogP contribution in [0.3, 0.4) is 0 Å². The highest BCUT2D eigenvalue weighted by atomic mass is 127. The molecule has 0 nitrogen and oxygen atoms in total. The van der Waals surface area contributed by atoms with Crippen LogP contribution in [-0.4, -0.2) is 33.8 Å². The molecule has 2 unspecified atom stereocenters. The SMILES string of the molecule is CCCCCC(I)C(C)C(F)(F)C(F)(F)C(F)(F)C(F)(F)C(F)(F)F. The first-order valence-electron chi connectivity index (χ1n) is 7.11. The van der Waals surface area contributed by atoms with Crippen LogP contribution in [0, 0.1) is 5.92 Å². The summed E-state index contributed by atoms with van der Waals surface area (Å²) >= 11 is 1.27. The zero-order chi connectivity index (χ0) is 20.5. The second-order valence-electron chi connectivity index (χ2n) is 5.64. The zero-order valence-corrected chi connectivity index (χ0v) is 15.2. The topological polar surface area (TPSA) is 0 Å². The van der Waals surface area contributed by atoms with Crippen molar-refractivity contribution in [2.75, 3.05) is 0 Å². The van der Waals surface area contributed by atoms with Crippen molar-refractivity contribution in [3.8, 4) is 0 Å². The van der Waals surface area contributed by atoms with Crippen molar-refractivity contribution in [3.63, 3.8) is 0 Å². The fourth-order valence-electron chi connectivity index (χ4n) is 1.94. The quantitative estimate of drug-likeness (QED) is 0.135. The van der Waals surface area contributed by atoms with Gasteiger partial charge in [0, 0.05) is 9.84 Å². The first-order valence-corrected chi connectivity index (χ1v) is 8.36. The maximum Gasteiger partial charge on any atom is 0.460 e. The van der Waals surface area contributed by atoms with Crippen LogP contribution in [0.1, 0.15) is 39.5 Å². The van der Waals surface area contributed by atoms with E-state index in [-0.39, 0.29) is 12.8 Å². The van der Waals surface area contributed by atoms with Crippen molar-refractivity contribution in [2.45, 2.75) is 73.3 Å². The molecule has 12 heteroatoms. The third-order valence-electron chi connectivity index (χ3n) is 3.76. The van der Waals surface area contributed by atoms with Crippen LogP contribution in [0.4, 0.5) is 48.3 Å². The van der Waals surface area contributed by atoms with Gasteiger partial charge >= 0.3 is 29.9 Å². The van der Waals surface area contributed by atoms with E-state index >= 15 is 0 Å². The standard InChI is InChI=1S/C13H16F11I/c1-3-4-5-6-8(25)7(2)9(14,15)10(16,17)11(18,19)12(20,21)13(22,23)24/h7-8H,3-6H2,1-2H3. The second kappa shape index (κ2) is 7.91. The zero-order valence-electron chi connectivity index (χ0n) is 13.0. The Balaban J connectivity index is 5.72. The Morgan fingerprint density at radius 3 is 1.52 bits per heavy atom. The van der Waals surface area contributed by atoms with Crippen molar-refractivity contribution in [1.29, 1.82) is 0 Å². The first-order chi connectivity index (χ1) is 10.9. The van der Waals surface area contributed by atoms with Gasteiger partial charge in [-0.3, -0.25) is 0 Å². The minimum Gasteiger partial charge on any atom is -0.199 e. The van der Waals surface area contributed by atoms with Gasteiger partial charge in [0.1, 0.15) is 0 Å². The molecule has 0 aliphatic carbocycles. The molecule has 0 N–H and O–H groups in total. The van der Waals surface area contributed by atoms with E-state index in [9.17, 15) is 48.3 Å². The molecule has 0 bridgehead atoms. The molecule has 2 atom stereocenters. The van der Waals surface area contributed by atoms with Gasteiger partial charge in [0.25, 0.3) is 0 Å². The summed E-state index contributed by atoms with van der Waals surface area (Å²) < 4.78 is 141. The van der Waals surface area contributed by atoms with Gasteiger partial charge in [-0.25, -0.2) is 0 Å². The van der Waals surface area contributed by atoms with Crippen LogP contribution in [0.5, 0.6) is 0 Å². The number of rotatable bonds is 9. The Hall–Kier alpha value is -0.0400. The minimum atomic E-state index is -7.32. The Kier molecular flexibility index (Phi) is 7.90. The molecular formula is C13H16F11I. The normalized spacial score (nSPS) is 17.5. The van der Waals surface area contributed by atoms with E-state index in [0.717, 1.165) is 0 Å². The van der Waals surface area contributed by atoms with E-state index in [2.05, 4.69) is 0 Å². The summed E-state index contributed by atoms with van der Waals surface area (Å²) in [6, 6.07) is 0. The Morgan fingerprint density at radius 1 is 0.720 bits per heavy atom. The predicted molar refractivity (Wildman–Crippen MR) is 77.0 cm³/mol. The van der Waals surface area contributed by atoms with Gasteiger partial charge in [0.15, 0.2) is 0 Å². The van der Waals surface area contributed by atoms with Crippen molar-refractivity contribution in [1.82, 2.24) is 0 Å². The average molecular weight is 508 g/mol. The van der Waals surface area contributed by atoms with E-state index < -0.39 is 39.7 Å². The van der Waals surface area contributed by atoms with Gasteiger partial charge in [-0.2, -0.15) is 48.3 Å². The number of halogens is 12. The van der Waals surface area contributed by atoms with E-state index in [1.54, 1.807) is 6.92 Å². The summed E-state index contributed by atoms with van der Waals surface area (Å²) in [5.74, 6) is -29.9. The summed E-state index contributed by atoms with van der Waals surface area (Å²) in [6.07, 6.45) is -5.78. The van der Waals surface area contributed by atoms with E-state index in [4.69, 9.17) is 0 Å². The molecule has 0 aliphatic heterocycles. The third kappa shape index (κ3) is 4.45. The van der Waals surface area contributed by atoms with E-state index in [1.807, 2.05) is 0 Å².